The Kier molecular flexibility index (Phi) is 5.29. The van der Waals surface area contributed by atoms with Gasteiger partial charge in [-0.3, -0.25) is 0 Å². The average molecular weight is 330 g/mol. The number of halogens is 2. The number of nitrogens with one attached hydrogen (secondary N) is 1. The van der Waals surface area contributed by atoms with Crippen LogP contribution in [-0.4, -0.2) is 24.8 Å². The van der Waals surface area contributed by atoms with Gasteiger partial charge < -0.3 is 14.8 Å². The lowest BCUT2D eigenvalue weighted by molar-refractivity contribution is 0.0170. The minimum atomic E-state index is -0.493. The summed E-state index contributed by atoms with van der Waals surface area (Å²) in [4.78, 5) is 11.6. The highest BCUT2D eigenvalue weighted by Gasteiger charge is 2.29. The Bertz CT molecular complexity index is 545. The fourth-order valence-electron chi connectivity index (χ4n) is 2.37. The number of amides is 1. The summed E-state index contributed by atoms with van der Waals surface area (Å²) >= 11 is 6.15. The fraction of sp³-hybridized carbons (Fsp3) is 0.562. The fourth-order valence-corrected chi connectivity index (χ4v) is 2.63. The molecule has 22 heavy (non-hydrogen) atoms. The molecular weight excluding hydrogens is 309 g/mol. The van der Waals surface area contributed by atoms with Crippen molar-refractivity contribution in [1.82, 2.24) is 5.32 Å². The van der Waals surface area contributed by atoms with Crippen LogP contribution in [0.15, 0.2) is 18.2 Å². The molecule has 0 saturated carbocycles. The van der Waals surface area contributed by atoms with Crippen LogP contribution in [-0.2, 0) is 9.47 Å². The lowest BCUT2D eigenvalue weighted by Crippen LogP contribution is -2.41. The van der Waals surface area contributed by atoms with Gasteiger partial charge in [-0.25, -0.2) is 9.18 Å². The van der Waals surface area contributed by atoms with Gasteiger partial charge in [0.05, 0.1) is 24.7 Å². The van der Waals surface area contributed by atoms with Crippen LogP contribution in [0.5, 0.6) is 0 Å². The number of alkyl halides is 1. The summed E-state index contributed by atoms with van der Waals surface area (Å²) in [6.07, 6.45) is -0.560. The maximum Gasteiger partial charge on any atom is 0.407 e. The Hall–Kier alpha value is -1.33. The quantitative estimate of drug-likeness (QED) is 0.850. The highest BCUT2D eigenvalue weighted by Crippen LogP contribution is 2.38. The zero-order chi connectivity index (χ0) is 16.3. The van der Waals surface area contributed by atoms with Crippen LogP contribution in [0, 0.1) is 5.82 Å². The van der Waals surface area contributed by atoms with Crippen molar-refractivity contribution >= 4 is 17.7 Å². The van der Waals surface area contributed by atoms with Gasteiger partial charge in [-0.05, 0) is 32.4 Å². The van der Waals surface area contributed by atoms with Crippen LogP contribution in [0.4, 0.5) is 9.18 Å². The highest BCUT2D eigenvalue weighted by atomic mass is 35.5. The third kappa shape index (κ3) is 4.34. The zero-order valence-corrected chi connectivity index (χ0v) is 13.7. The smallest absolute Gasteiger partial charge is 0.407 e. The van der Waals surface area contributed by atoms with E-state index in [1.807, 2.05) is 20.8 Å². The van der Waals surface area contributed by atoms with Crippen LogP contribution in [0.3, 0.4) is 0 Å². The van der Waals surface area contributed by atoms with E-state index in [1.54, 1.807) is 12.1 Å². The molecule has 0 saturated heterocycles. The summed E-state index contributed by atoms with van der Waals surface area (Å²) in [5, 5.41) is 2.34. The van der Waals surface area contributed by atoms with E-state index in [1.165, 1.54) is 6.07 Å². The van der Waals surface area contributed by atoms with E-state index in [0.717, 1.165) is 5.56 Å². The van der Waals surface area contributed by atoms with Gasteiger partial charge in [-0.15, -0.1) is 11.6 Å². The molecule has 122 valence electrons. The predicted molar refractivity (Wildman–Crippen MR) is 82.5 cm³/mol. The normalized spacial score (nSPS) is 21.1. The molecule has 2 atom stereocenters. The standard InChI is InChI=1S/C16H21ClFNO3/c1-16(2,3)19-15(20)21-8-7-13-14-10(11(17)9-22-13)5-4-6-12(14)18/h4-6,11,13H,7-9H2,1-3H3,(H,19,20). The molecule has 1 aliphatic heterocycles. The molecule has 1 N–H and O–H groups in total. The van der Waals surface area contributed by atoms with Gasteiger partial charge in [0.25, 0.3) is 0 Å². The van der Waals surface area contributed by atoms with E-state index in [9.17, 15) is 9.18 Å². The van der Waals surface area contributed by atoms with Crippen LogP contribution < -0.4 is 5.32 Å². The first-order chi connectivity index (χ1) is 10.3. The van der Waals surface area contributed by atoms with Crippen LogP contribution in [0.1, 0.15) is 49.8 Å². The first kappa shape index (κ1) is 17.0. The summed E-state index contributed by atoms with van der Waals surface area (Å²) in [5.74, 6) is -0.341. The molecule has 0 spiro atoms. The lowest BCUT2D eigenvalue weighted by atomic mass is 9.95. The van der Waals surface area contributed by atoms with Crippen molar-refractivity contribution in [2.24, 2.45) is 0 Å². The molecule has 1 aliphatic rings. The molecular formula is C16H21ClFNO3. The van der Waals surface area contributed by atoms with E-state index in [0.29, 0.717) is 18.6 Å². The SMILES string of the molecule is CC(C)(C)NC(=O)OCCC1OCC(Cl)c2cccc(F)c21. The largest absolute Gasteiger partial charge is 0.449 e. The first-order valence-electron chi connectivity index (χ1n) is 7.27. The Labute approximate surface area is 134 Å². The van der Waals surface area contributed by atoms with Crippen molar-refractivity contribution in [2.75, 3.05) is 13.2 Å². The van der Waals surface area contributed by atoms with E-state index in [2.05, 4.69) is 5.32 Å². The third-order valence-electron chi connectivity index (χ3n) is 3.28. The second-order valence-electron chi connectivity index (χ2n) is 6.33. The van der Waals surface area contributed by atoms with Crippen molar-refractivity contribution in [3.8, 4) is 0 Å². The molecule has 6 heteroatoms. The molecule has 0 radical (unpaired) electrons. The van der Waals surface area contributed by atoms with Gasteiger partial charge in [0, 0.05) is 17.5 Å². The molecule has 1 amide bonds. The van der Waals surface area contributed by atoms with Gasteiger partial charge in [-0.2, -0.15) is 0 Å². The Morgan fingerprint density at radius 1 is 1.50 bits per heavy atom. The number of hydrogen-bond donors (Lipinski definition) is 1. The van der Waals surface area contributed by atoms with Crippen molar-refractivity contribution in [2.45, 2.75) is 44.2 Å². The first-order valence-corrected chi connectivity index (χ1v) is 7.70. The molecule has 2 rings (SSSR count). The molecule has 0 aliphatic carbocycles. The second kappa shape index (κ2) is 6.84. The average Bonchev–Trinajstić information content (AvgIpc) is 2.40. The number of ether oxygens (including phenoxy) is 2. The van der Waals surface area contributed by atoms with Gasteiger partial charge in [0.15, 0.2) is 0 Å². The number of carbonyl (C=O) groups excluding carboxylic acids is 1. The summed E-state index contributed by atoms with van der Waals surface area (Å²) in [7, 11) is 0. The number of benzene rings is 1. The van der Waals surface area contributed by atoms with Crippen molar-refractivity contribution < 1.29 is 18.7 Å². The zero-order valence-electron chi connectivity index (χ0n) is 13.0. The Morgan fingerprint density at radius 3 is 2.91 bits per heavy atom. The van der Waals surface area contributed by atoms with Crippen LogP contribution in [0.2, 0.25) is 0 Å². The number of hydrogen-bond acceptors (Lipinski definition) is 3. The van der Waals surface area contributed by atoms with E-state index >= 15 is 0 Å². The molecule has 1 aromatic rings. The van der Waals surface area contributed by atoms with Crippen LogP contribution >= 0.6 is 11.6 Å². The molecule has 1 aromatic carbocycles. The summed E-state index contributed by atoms with van der Waals surface area (Å²) < 4.78 is 24.8. The van der Waals surface area contributed by atoms with E-state index in [4.69, 9.17) is 21.1 Å². The molecule has 0 bridgehead atoms. The van der Waals surface area contributed by atoms with E-state index < -0.39 is 12.2 Å². The monoisotopic (exact) mass is 329 g/mol. The van der Waals surface area contributed by atoms with Crippen molar-refractivity contribution in [1.29, 1.82) is 0 Å². The molecule has 4 nitrogen and oxygen atoms in total. The van der Waals surface area contributed by atoms with E-state index in [-0.39, 0.29) is 23.3 Å². The summed E-state index contributed by atoms with van der Waals surface area (Å²) in [6.45, 7) is 6.06. The molecule has 1 heterocycles. The minimum Gasteiger partial charge on any atom is -0.449 e. The lowest BCUT2D eigenvalue weighted by Gasteiger charge is -2.29. The Balaban J connectivity index is 1.95. The highest BCUT2D eigenvalue weighted by molar-refractivity contribution is 6.21. The number of fused-ring (bicyclic) bond motifs is 1. The van der Waals surface area contributed by atoms with Gasteiger partial charge >= 0.3 is 6.09 Å². The Morgan fingerprint density at radius 2 is 2.23 bits per heavy atom. The second-order valence-corrected chi connectivity index (χ2v) is 6.86. The predicted octanol–water partition coefficient (Wildman–Crippen LogP) is 4.09. The third-order valence-corrected chi connectivity index (χ3v) is 3.64. The molecule has 0 fully saturated rings. The number of carbonyl (C=O) groups is 1. The minimum absolute atomic E-state index is 0.146. The van der Waals surface area contributed by atoms with Crippen molar-refractivity contribution in [3.05, 3.63) is 35.1 Å². The molecule has 0 aromatic heterocycles. The summed E-state index contributed by atoms with van der Waals surface area (Å²) in [5.41, 5.74) is 0.855. The summed E-state index contributed by atoms with van der Waals surface area (Å²) in [6, 6.07) is 4.83. The maximum atomic E-state index is 14.0. The molecule has 2 unspecified atom stereocenters. The van der Waals surface area contributed by atoms with Gasteiger partial charge in [0.1, 0.15) is 5.82 Å². The maximum absolute atomic E-state index is 14.0. The van der Waals surface area contributed by atoms with Crippen LogP contribution in [0.25, 0.3) is 0 Å². The number of rotatable bonds is 3. The van der Waals surface area contributed by atoms with Gasteiger partial charge in [0.2, 0.25) is 0 Å². The van der Waals surface area contributed by atoms with Gasteiger partial charge in [-0.1, -0.05) is 12.1 Å². The topological polar surface area (TPSA) is 47.6 Å². The van der Waals surface area contributed by atoms with Crippen molar-refractivity contribution in [3.63, 3.8) is 0 Å². The number of alkyl carbamates (subject to hydrolysis) is 1.